The lowest BCUT2D eigenvalue weighted by molar-refractivity contribution is -0.130. The van der Waals surface area contributed by atoms with Crippen molar-refractivity contribution < 1.29 is 33.2 Å². The summed E-state index contributed by atoms with van der Waals surface area (Å²) in [6.07, 6.45) is 8.03. The number of allylic oxidation sites excluding steroid dienone is 2. The third-order valence-electron chi connectivity index (χ3n) is 5.51. The molecule has 7 nitrogen and oxygen atoms in total. The molecule has 3 aliphatic rings. The van der Waals surface area contributed by atoms with Crippen molar-refractivity contribution in [3.05, 3.63) is 46.6 Å². The topological polar surface area (TPSA) is 72.5 Å². The summed E-state index contributed by atoms with van der Waals surface area (Å²) in [5.41, 5.74) is 2.62. The number of benzene rings is 1. The van der Waals surface area contributed by atoms with Crippen LogP contribution >= 0.6 is 0 Å². The second-order valence-electron chi connectivity index (χ2n) is 7.34. The number of ether oxygens (including phenoxy) is 6. The number of aryl methyl sites for hydroxylation is 1. The van der Waals surface area contributed by atoms with Crippen molar-refractivity contribution in [3.8, 4) is 11.5 Å². The predicted molar refractivity (Wildman–Crippen MR) is 121 cm³/mol. The van der Waals surface area contributed by atoms with Gasteiger partial charge in [-0.25, -0.2) is 0 Å². The fourth-order valence-corrected chi connectivity index (χ4v) is 3.96. The maximum atomic E-state index is 10.2. The Labute approximate surface area is 191 Å². The van der Waals surface area contributed by atoms with Crippen LogP contribution < -0.4 is 9.47 Å². The molecule has 1 atom stereocenters. The van der Waals surface area contributed by atoms with Crippen molar-refractivity contribution in [2.75, 3.05) is 34.7 Å². The Balaban J connectivity index is 0.000000218. The summed E-state index contributed by atoms with van der Waals surface area (Å²) < 4.78 is 31.3. The molecule has 0 bridgehead atoms. The van der Waals surface area contributed by atoms with Gasteiger partial charge >= 0.3 is 0 Å². The lowest BCUT2D eigenvalue weighted by Gasteiger charge is -2.23. The molecule has 0 spiro atoms. The Morgan fingerprint density at radius 1 is 1.00 bits per heavy atom. The molecule has 0 radical (unpaired) electrons. The van der Waals surface area contributed by atoms with Crippen LogP contribution in [0.15, 0.2) is 35.5 Å². The minimum absolute atomic E-state index is 0.315. The number of rotatable bonds is 6. The molecule has 1 aromatic carbocycles. The van der Waals surface area contributed by atoms with Gasteiger partial charge in [-0.15, -0.1) is 0 Å². The Hall–Kier alpha value is -2.83. The van der Waals surface area contributed by atoms with Crippen LogP contribution in [0.2, 0.25) is 0 Å². The van der Waals surface area contributed by atoms with E-state index in [-0.39, 0.29) is 0 Å². The van der Waals surface area contributed by atoms with Gasteiger partial charge in [0.25, 0.3) is 6.47 Å². The molecule has 0 saturated carbocycles. The van der Waals surface area contributed by atoms with E-state index < -0.39 is 0 Å². The van der Waals surface area contributed by atoms with Gasteiger partial charge in [-0.3, -0.25) is 4.79 Å². The monoisotopic (exact) mass is 448 g/mol. The van der Waals surface area contributed by atoms with E-state index in [9.17, 15) is 4.79 Å². The van der Waals surface area contributed by atoms with Gasteiger partial charge in [0.05, 0.1) is 27.9 Å². The van der Waals surface area contributed by atoms with E-state index in [1.807, 2.05) is 19.9 Å². The lowest BCUT2D eigenvalue weighted by Crippen LogP contribution is -2.18. The highest BCUT2D eigenvalue weighted by Gasteiger charge is 2.23. The SMILES string of the molecule is CC.COC1=CCCCC(OC)=C1OC.O=COCC1CCc2cc3c(cc2C1)OCO3. The smallest absolute Gasteiger partial charge is 0.293 e. The first-order valence-corrected chi connectivity index (χ1v) is 11.2. The zero-order valence-corrected chi connectivity index (χ0v) is 19.9. The van der Waals surface area contributed by atoms with Gasteiger partial charge in [-0.2, -0.15) is 0 Å². The van der Waals surface area contributed by atoms with Crippen molar-refractivity contribution in [3.63, 3.8) is 0 Å². The second kappa shape index (κ2) is 13.6. The largest absolute Gasteiger partial charge is 0.497 e. The first kappa shape index (κ1) is 25.4. The van der Waals surface area contributed by atoms with Crippen molar-refractivity contribution >= 4 is 6.47 Å². The summed E-state index contributed by atoms with van der Waals surface area (Å²) in [4.78, 5) is 10.2. The Morgan fingerprint density at radius 2 is 1.72 bits per heavy atom. The van der Waals surface area contributed by atoms with Crippen molar-refractivity contribution in [1.82, 2.24) is 0 Å². The third kappa shape index (κ3) is 6.58. The first-order valence-electron chi connectivity index (χ1n) is 11.2. The van der Waals surface area contributed by atoms with Crippen LogP contribution in [0.1, 0.15) is 50.7 Å². The van der Waals surface area contributed by atoms with Gasteiger partial charge in [-0.1, -0.05) is 13.8 Å². The zero-order valence-electron chi connectivity index (χ0n) is 19.9. The van der Waals surface area contributed by atoms with Crippen LogP contribution in [-0.2, 0) is 36.6 Å². The Kier molecular flexibility index (Phi) is 10.8. The van der Waals surface area contributed by atoms with E-state index in [1.54, 1.807) is 21.3 Å². The molecular weight excluding hydrogens is 412 g/mol. The molecule has 1 aliphatic heterocycles. The number of hydrogen-bond donors (Lipinski definition) is 0. The molecule has 0 saturated heterocycles. The van der Waals surface area contributed by atoms with Crippen LogP contribution in [0, 0.1) is 5.92 Å². The highest BCUT2D eigenvalue weighted by Crippen LogP contribution is 2.38. The fraction of sp³-hybridized carbons (Fsp3) is 0.560. The number of methoxy groups -OCH3 is 3. The summed E-state index contributed by atoms with van der Waals surface area (Å²) in [6, 6.07) is 4.14. The molecule has 1 unspecified atom stereocenters. The highest BCUT2D eigenvalue weighted by atomic mass is 16.7. The molecule has 178 valence electrons. The number of carbonyl (C=O) groups excluding carboxylic acids is 1. The normalized spacial score (nSPS) is 18.4. The molecule has 1 aromatic rings. The summed E-state index contributed by atoms with van der Waals surface area (Å²) >= 11 is 0. The van der Waals surface area contributed by atoms with Crippen LogP contribution in [0.25, 0.3) is 0 Å². The van der Waals surface area contributed by atoms with Gasteiger partial charge in [0.2, 0.25) is 6.79 Å². The van der Waals surface area contributed by atoms with Gasteiger partial charge in [-0.05, 0) is 67.4 Å². The first-order chi connectivity index (χ1) is 15.7. The van der Waals surface area contributed by atoms with Crippen LogP contribution in [0.3, 0.4) is 0 Å². The molecular formula is C25H36O7. The average molecular weight is 449 g/mol. The minimum atomic E-state index is 0.315. The van der Waals surface area contributed by atoms with E-state index in [4.69, 9.17) is 28.4 Å². The highest BCUT2D eigenvalue weighted by molar-refractivity contribution is 5.49. The van der Waals surface area contributed by atoms with Crippen molar-refractivity contribution in [1.29, 1.82) is 0 Å². The van der Waals surface area contributed by atoms with E-state index in [1.165, 1.54) is 11.1 Å². The Morgan fingerprint density at radius 3 is 2.34 bits per heavy atom. The molecule has 2 aliphatic carbocycles. The third-order valence-corrected chi connectivity index (χ3v) is 5.51. The summed E-state index contributed by atoms with van der Waals surface area (Å²) in [6.45, 7) is 5.35. The van der Waals surface area contributed by atoms with Crippen LogP contribution in [-0.4, -0.2) is 41.2 Å². The van der Waals surface area contributed by atoms with Gasteiger partial charge in [0.1, 0.15) is 5.76 Å². The lowest BCUT2D eigenvalue weighted by atomic mass is 9.84. The number of hydrogen-bond acceptors (Lipinski definition) is 7. The van der Waals surface area contributed by atoms with Gasteiger partial charge in [0.15, 0.2) is 23.0 Å². The van der Waals surface area contributed by atoms with E-state index >= 15 is 0 Å². The number of fused-ring (bicyclic) bond motifs is 2. The van der Waals surface area contributed by atoms with Crippen molar-refractivity contribution in [2.24, 2.45) is 5.92 Å². The Bertz CT molecular complexity index is 798. The maximum absolute atomic E-state index is 10.2. The molecule has 4 rings (SSSR count). The summed E-state index contributed by atoms with van der Waals surface area (Å²) in [5.74, 6) is 4.48. The van der Waals surface area contributed by atoms with E-state index in [2.05, 4.69) is 12.1 Å². The predicted octanol–water partition coefficient (Wildman–Crippen LogP) is 4.92. The zero-order chi connectivity index (χ0) is 23.3. The quantitative estimate of drug-likeness (QED) is 0.572. The fourth-order valence-electron chi connectivity index (χ4n) is 3.96. The molecule has 0 amide bonds. The summed E-state index contributed by atoms with van der Waals surface area (Å²) in [5, 5.41) is 0. The average Bonchev–Trinajstić information content (AvgIpc) is 3.19. The molecule has 0 N–H and O–H groups in total. The maximum Gasteiger partial charge on any atom is 0.293 e. The van der Waals surface area contributed by atoms with Crippen LogP contribution in [0.4, 0.5) is 0 Å². The standard InChI is InChI=1S/C13H14O4.C10H16O3.C2H6/c14-7-15-6-9-1-2-10-4-12-13(17-8-16-12)5-11(10)3-9;1-11-8-6-4-5-7-9(12-2)10(8)13-3;1-2/h4-5,7,9H,1-3,6,8H2;6H,4-5,7H2,1-3H3;1-2H3. The van der Waals surface area contributed by atoms with Crippen molar-refractivity contribution in [2.45, 2.75) is 52.4 Å². The van der Waals surface area contributed by atoms with E-state index in [0.29, 0.717) is 25.8 Å². The van der Waals surface area contributed by atoms with Crippen LogP contribution in [0.5, 0.6) is 11.5 Å². The molecule has 7 heteroatoms. The van der Waals surface area contributed by atoms with E-state index in [0.717, 1.165) is 67.3 Å². The molecule has 1 heterocycles. The minimum Gasteiger partial charge on any atom is -0.497 e. The molecule has 0 aromatic heterocycles. The second-order valence-corrected chi connectivity index (χ2v) is 7.34. The summed E-state index contributed by atoms with van der Waals surface area (Å²) in [7, 11) is 4.93. The van der Waals surface area contributed by atoms with Gasteiger partial charge < -0.3 is 28.4 Å². The number of carbonyl (C=O) groups is 1. The molecule has 32 heavy (non-hydrogen) atoms. The van der Waals surface area contributed by atoms with Gasteiger partial charge in [0, 0.05) is 6.42 Å². The molecule has 0 fully saturated rings.